The van der Waals surface area contributed by atoms with Gasteiger partial charge in [-0.15, -0.1) is 0 Å². The topological polar surface area (TPSA) is 74.2 Å². The lowest BCUT2D eigenvalue weighted by molar-refractivity contribution is -0.290. The molecule has 102 valence electrons. The van der Waals surface area contributed by atoms with Crippen LogP contribution in [0.15, 0.2) is 11.8 Å². The number of esters is 1. The molecule has 2 aliphatic rings. The molecule has 0 saturated carbocycles. The number of ether oxygens (including phenoxy) is 4. The molecule has 0 unspecified atom stereocenters. The van der Waals surface area contributed by atoms with Crippen LogP contribution in [0.4, 0.5) is 0 Å². The fraction of sp³-hybridized carbons (Fsp3) is 0.750. The molecule has 18 heavy (non-hydrogen) atoms. The first-order valence-corrected chi connectivity index (χ1v) is 5.88. The molecule has 2 heterocycles. The first kappa shape index (κ1) is 13.3. The van der Waals surface area contributed by atoms with E-state index >= 15 is 0 Å². The summed E-state index contributed by atoms with van der Waals surface area (Å²) in [7, 11) is 2.97. The van der Waals surface area contributed by atoms with Gasteiger partial charge in [0.2, 0.25) is 0 Å². The molecule has 0 spiro atoms. The average Bonchev–Trinajstić information content (AvgIpc) is 2.33. The lowest BCUT2D eigenvalue weighted by atomic mass is 9.76. The summed E-state index contributed by atoms with van der Waals surface area (Å²) in [5.41, 5.74) is 0.421. The van der Waals surface area contributed by atoms with E-state index in [1.165, 1.54) is 20.5 Å². The van der Waals surface area contributed by atoms with E-state index in [9.17, 15) is 9.90 Å². The molecule has 5 atom stereocenters. The molecule has 2 rings (SSSR count). The Morgan fingerprint density at radius 2 is 2.17 bits per heavy atom. The van der Waals surface area contributed by atoms with Crippen LogP contribution in [0.3, 0.4) is 0 Å². The van der Waals surface area contributed by atoms with Gasteiger partial charge in [-0.3, -0.25) is 0 Å². The molecule has 6 nitrogen and oxygen atoms in total. The molecule has 2 aliphatic heterocycles. The molecule has 0 aliphatic carbocycles. The lowest BCUT2D eigenvalue weighted by Gasteiger charge is -2.44. The van der Waals surface area contributed by atoms with Crippen molar-refractivity contribution < 1.29 is 28.8 Å². The molecule has 0 amide bonds. The Hall–Kier alpha value is -1.11. The maximum Gasteiger partial charge on any atom is 0.337 e. The Morgan fingerprint density at radius 1 is 1.44 bits per heavy atom. The van der Waals surface area contributed by atoms with Gasteiger partial charge in [0.05, 0.1) is 24.9 Å². The molecule has 0 aromatic heterocycles. The number of cyclic esters (lactones) is 1. The molecular weight excluding hydrogens is 240 g/mol. The SMILES string of the molecule is CO/C=C1/C(=O)O[C@@H](C)[C@H]2[C@@H]1C[C@@H](OC)O[C@@H]2O. The Kier molecular flexibility index (Phi) is 3.89. The van der Waals surface area contributed by atoms with Gasteiger partial charge in [-0.05, 0) is 6.92 Å². The molecule has 0 bridgehead atoms. The molecule has 2 fully saturated rings. The van der Waals surface area contributed by atoms with Crippen LogP contribution in [0.25, 0.3) is 0 Å². The van der Waals surface area contributed by atoms with Crippen LogP contribution < -0.4 is 0 Å². The van der Waals surface area contributed by atoms with Gasteiger partial charge in [0.25, 0.3) is 0 Å². The first-order valence-electron chi connectivity index (χ1n) is 5.88. The van der Waals surface area contributed by atoms with Crippen molar-refractivity contribution in [3.63, 3.8) is 0 Å². The largest absolute Gasteiger partial charge is 0.504 e. The standard InChI is InChI=1S/C12H18O6/c1-6-10-7(4-9(16-3)18-12(10)14)8(5-15-2)11(13)17-6/h5-7,9-10,12,14H,4H2,1-3H3/b8-5+/t6-,7+,9-,10-,12-/m0/s1. The summed E-state index contributed by atoms with van der Waals surface area (Å²) in [5.74, 6) is -0.889. The summed E-state index contributed by atoms with van der Waals surface area (Å²) in [5, 5.41) is 9.99. The van der Waals surface area contributed by atoms with Gasteiger partial charge < -0.3 is 24.1 Å². The number of carbonyl (C=O) groups is 1. The highest BCUT2D eigenvalue weighted by molar-refractivity contribution is 5.89. The van der Waals surface area contributed by atoms with E-state index in [0.29, 0.717) is 12.0 Å². The van der Waals surface area contributed by atoms with Crippen molar-refractivity contribution in [2.75, 3.05) is 14.2 Å². The maximum atomic E-state index is 11.8. The molecule has 6 heteroatoms. The number of aliphatic hydroxyl groups excluding tert-OH is 1. The molecule has 2 saturated heterocycles. The second-order valence-corrected chi connectivity index (χ2v) is 4.53. The van der Waals surface area contributed by atoms with Crippen LogP contribution in [-0.2, 0) is 23.7 Å². The van der Waals surface area contributed by atoms with Crippen molar-refractivity contribution in [1.29, 1.82) is 0 Å². The second-order valence-electron chi connectivity index (χ2n) is 4.53. The summed E-state index contributed by atoms with van der Waals surface area (Å²) in [6, 6.07) is 0. The van der Waals surface area contributed by atoms with Crippen molar-refractivity contribution in [1.82, 2.24) is 0 Å². The van der Waals surface area contributed by atoms with Crippen LogP contribution >= 0.6 is 0 Å². The van der Waals surface area contributed by atoms with Crippen molar-refractivity contribution in [3.05, 3.63) is 11.8 Å². The van der Waals surface area contributed by atoms with Gasteiger partial charge in [0.15, 0.2) is 12.6 Å². The Morgan fingerprint density at radius 3 is 2.78 bits per heavy atom. The minimum Gasteiger partial charge on any atom is -0.504 e. The second kappa shape index (κ2) is 5.26. The van der Waals surface area contributed by atoms with Gasteiger partial charge in [0, 0.05) is 19.4 Å². The van der Waals surface area contributed by atoms with E-state index in [-0.39, 0.29) is 11.8 Å². The fourth-order valence-electron chi connectivity index (χ4n) is 2.64. The number of rotatable bonds is 2. The highest BCUT2D eigenvalue weighted by Gasteiger charge is 2.49. The minimum atomic E-state index is -1.02. The average molecular weight is 258 g/mol. The Labute approximate surface area is 105 Å². The maximum absolute atomic E-state index is 11.8. The molecular formula is C12H18O6. The zero-order valence-electron chi connectivity index (χ0n) is 10.7. The summed E-state index contributed by atoms with van der Waals surface area (Å²) in [6.07, 6.45) is -0.0790. The third-order valence-electron chi connectivity index (χ3n) is 3.51. The third kappa shape index (κ3) is 2.23. The van der Waals surface area contributed by atoms with Gasteiger partial charge in [-0.2, -0.15) is 0 Å². The van der Waals surface area contributed by atoms with E-state index < -0.39 is 24.7 Å². The van der Waals surface area contributed by atoms with Crippen molar-refractivity contribution >= 4 is 5.97 Å². The summed E-state index contributed by atoms with van der Waals surface area (Å²) in [4.78, 5) is 11.8. The summed E-state index contributed by atoms with van der Waals surface area (Å²) >= 11 is 0. The predicted octanol–water partition coefficient (Wildman–Crippen LogP) is 0.406. The monoisotopic (exact) mass is 258 g/mol. The van der Waals surface area contributed by atoms with E-state index in [1.807, 2.05) is 0 Å². The van der Waals surface area contributed by atoms with Gasteiger partial charge in [-0.25, -0.2) is 4.79 Å². The number of hydrogen-bond acceptors (Lipinski definition) is 6. The van der Waals surface area contributed by atoms with Crippen molar-refractivity contribution in [2.24, 2.45) is 11.8 Å². The van der Waals surface area contributed by atoms with Crippen LogP contribution in [-0.4, -0.2) is 44.0 Å². The highest BCUT2D eigenvalue weighted by Crippen LogP contribution is 2.41. The van der Waals surface area contributed by atoms with Crippen molar-refractivity contribution in [2.45, 2.75) is 32.0 Å². The van der Waals surface area contributed by atoms with Crippen molar-refractivity contribution in [3.8, 4) is 0 Å². The van der Waals surface area contributed by atoms with Crippen LogP contribution in [0.1, 0.15) is 13.3 Å². The normalized spacial score (nSPS) is 42.3. The van der Waals surface area contributed by atoms with E-state index in [0.717, 1.165) is 0 Å². The first-order chi connectivity index (χ1) is 8.58. The summed E-state index contributed by atoms with van der Waals surface area (Å²) < 4.78 is 20.5. The molecule has 0 aromatic rings. The lowest BCUT2D eigenvalue weighted by Crippen LogP contribution is -2.52. The van der Waals surface area contributed by atoms with Crippen LogP contribution in [0, 0.1) is 11.8 Å². The Bertz CT molecular complexity index is 352. The van der Waals surface area contributed by atoms with E-state index in [4.69, 9.17) is 18.9 Å². The molecule has 0 radical (unpaired) electrons. The number of aliphatic hydroxyl groups is 1. The molecule has 1 N–H and O–H groups in total. The van der Waals surface area contributed by atoms with Gasteiger partial charge >= 0.3 is 5.97 Å². The summed E-state index contributed by atoms with van der Waals surface area (Å²) in [6.45, 7) is 1.75. The quantitative estimate of drug-likeness (QED) is 0.439. The highest BCUT2D eigenvalue weighted by atomic mass is 16.7. The van der Waals surface area contributed by atoms with E-state index in [2.05, 4.69) is 0 Å². The number of fused-ring (bicyclic) bond motifs is 1. The fourth-order valence-corrected chi connectivity index (χ4v) is 2.64. The number of hydrogen-bond donors (Lipinski definition) is 1. The zero-order valence-corrected chi connectivity index (χ0v) is 10.7. The predicted molar refractivity (Wildman–Crippen MR) is 60.1 cm³/mol. The Balaban J connectivity index is 2.29. The molecule has 0 aromatic carbocycles. The third-order valence-corrected chi connectivity index (χ3v) is 3.51. The van der Waals surface area contributed by atoms with Crippen LogP contribution in [0.2, 0.25) is 0 Å². The zero-order chi connectivity index (χ0) is 13.3. The minimum absolute atomic E-state index is 0.185. The van der Waals surface area contributed by atoms with Crippen LogP contribution in [0.5, 0.6) is 0 Å². The number of carbonyl (C=O) groups excluding carboxylic acids is 1. The van der Waals surface area contributed by atoms with E-state index in [1.54, 1.807) is 6.92 Å². The van der Waals surface area contributed by atoms with Gasteiger partial charge in [0.1, 0.15) is 6.10 Å². The smallest absolute Gasteiger partial charge is 0.337 e. The van der Waals surface area contributed by atoms with Gasteiger partial charge in [-0.1, -0.05) is 0 Å². The number of methoxy groups -OCH3 is 2.